The van der Waals surface area contributed by atoms with Crippen molar-refractivity contribution in [3.05, 3.63) is 45.8 Å². The first kappa shape index (κ1) is 29.5. The molecular formula is C25H31N5O8S2. The van der Waals surface area contributed by atoms with Crippen LogP contribution in [-0.4, -0.2) is 100 Å². The highest BCUT2D eigenvalue weighted by molar-refractivity contribution is 7.89. The lowest BCUT2D eigenvalue weighted by Gasteiger charge is -2.26. The zero-order valence-electron chi connectivity index (χ0n) is 22.4. The van der Waals surface area contributed by atoms with Gasteiger partial charge in [0.1, 0.15) is 5.00 Å². The second-order valence-corrected chi connectivity index (χ2v) is 12.3. The number of ether oxygens (including phenoxy) is 2. The largest absolute Gasteiger partial charge is 0.450 e. The van der Waals surface area contributed by atoms with E-state index in [0.29, 0.717) is 36.6 Å². The second-order valence-electron chi connectivity index (χ2n) is 9.23. The Balaban J connectivity index is 1.58. The number of benzene rings is 1. The first-order valence-corrected chi connectivity index (χ1v) is 14.9. The van der Waals surface area contributed by atoms with E-state index < -0.39 is 34.0 Å². The van der Waals surface area contributed by atoms with Gasteiger partial charge in [-0.3, -0.25) is 14.9 Å². The third-order valence-corrected chi connectivity index (χ3v) is 9.43. The molecular weight excluding hydrogens is 562 g/mol. The number of fused-ring (bicyclic) bond motifs is 1. The molecule has 2 aliphatic rings. The van der Waals surface area contributed by atoms with Gasteiger partial charge in [0.15, 0.2) is 0 Å². The summed E-state index contributed by atoms with van der Waals surface area (Å²) < 4.78 is 37.5. The van der Waals surface area contributed by atoms with E-state index in [0.717, 1.165) is 11.3 Å². The minimum Gasteiger partial charge on any atom is -0.450 e. The van der Waals surface area contributed by atoms with Crippen molar-refractivity contribution < 1.29 is 37.1 Å². The summed E-state index contributed by atoms with van der Waals surface area (Å²) in [7, 11) is -0.737. The topological polar surface area (TPSA) is 155 Å². The molecule has 0 saturated carbocycles. The highest BCUT2D eigenvalue weighted by Gasteiger charge is 2.32. The monoisotopic (exact) mass is 593 g/mol. The zero-order valence-corrected chi connectivity index (χ0v) is 24.0. The van der Waals surface area contributed by atoms with Crippen LogP contribution in [0.2, 0.25) is 0 Å². The number of sulfonamides is 1. The van der Waals surface area contributed by atoms with Gasteiger partial charge >= 0.3 is 12.1 Å². The van der Waals surface area contributed by atoms with E-state index >= 15 is 0 Å². The van der Waals surface area contributed by atoms with Crippen LogP contribution in [0.1, 0.15) is 38.1 Å². The maximum absolute atomic E-state index is 13.2. The smallest absolute Gasteiger partial charge is 0.410 e. The summed E-state index contributed by atoms with van der Waals surface area (Å²) in [4.78, 5) is 54.3. The van der Waals surface area contributed by atoms with E-state index in [1.807, 2.05) is 0 Å². The van der Waals surface area contributed by atoms with Gasteiger partial charge < -0.3 is 24.6 Å². The molecule has 216 valence electrons. The lowest BCUT2D eigenvalue weighted by molar-refractivity contribution is 0.0730. The maximum atomic E-state index is 13.2. The Hall–Kier alpha value is -3.53. The number of urea groups is 1. The summed E-state index contributed by atoms with van der Waals surface area (Å²) in [6.07, 6.45) is -0.152. The van der Waals surface area contributed by atoms with Gasteiger partial charge in [-0.05, 0) is 43.2 Å². The van der Waals surface area contributed by atoms with Gasteiger partial charge in [-0.25, -0.2) is 18.0 Å². The molecule has 1 aromatic heterocycles. The summed E-state index contributed by atoms with van der Waals surface area (Å²) >= 11 is 1.13. The number of thiophene rings is 1. The van der Waals surface area contributed by atoms with E-state index in [4.69, 9.17) is 9.47 Å². The van der Waals surface area contributed by atoms with Crippen LogP contribution in [0.4, 0.5) is 14.6 Å². The molecule has 1 fully saturated rings. The number of rotatable bonds is 6. The number of hydrogen-bond acceptors (Lipinski definition) is 9. The summed E-state index contributed by atoms with van der Waals surface area (Å²) in [6, 6.07) is 4.89. The number of imide groups is 1. The fraction of sp³-hybridized carbons (Fsp3) is 0.440. The minimum absolute atomic E-state index is 0.0545. The van der Waals surface area contributed by atoms with E-state index in [9.17, 15) is 27.6 Å². The molecule has 5 amide bonds. The lowest BCUT2D eigenvalue weighted by Crippen LogP contribution is -2.40. The summed E-state index contributed by atoms with van der Waals surface area (Å²) in [5.74, 6) is -1.24. The SMILES string of the molecule is CCOC(=O)N1CCc2c(sc(NC(=O)c3ccc(S(=O)(=O)N4CCOCC4)cc3)c2C(=O)NC(=O)N(C)C)C1. The Labute approximate surface area is 236 Å². The fourth-order valence-electron chi connectivity index (χ4n) is 4.26. The van der Waals surface area contributed by atoms with E-state index in [2.05, 4.69) is 10.6 Å². The average Bonchev–Trinajstić information content (AvgIpc) is 3.30. The van der Waals surface area contributed by atoms with E-state index in [1.54, 1.807) is 6.92 Å². The molecule has 0 radical (unpaired) electrons. The molecule has 0 atom stereocenters. The third kappa shape index (κ3) is 6.27. The summed E-state index contributed by atoms with van der Waals surface area (Å²) in [6.45, 7) is 3.56. The van der Waals surface area contributed by atoms with Gasteiger partial charge in [-0.1, -0.05) is 0 Å². The van der Waals surface area contributed by atoms with E-state index in [-0.39, 0.29) is 47.3 Å². The van der Waals surface area contributed by atoms with Crippen molar-refractivity contribution in [1.82, 2.24) is 19.4 Å². The molecule has 2 aromatic rings. The molecule has 40 heavy (non-hydrogen) atoms. The summed E-state index contributed by atoms with van der Waals surface area (Å²) in [5.41, 5.74) is 0.964. The molecule has 0 bridgehead atoms. The maximum Gasteiger partial charge on any atom is 0.410 e. The van der Waals surface area contributed by atoms with Crippen LogP contribution in [-0.2, 0) is 32.5 Å². The highest BCUT2D eigenvalue weighted by Crippen LogP contribution is 2.37. The van der Waals surface area contributed by atoms with Crippen LogP contribution >= 0.6 is 11.3 Å². The number of morpholine rings is 1. The predicted molar refractivity (Wildman–Crippen MR) is 146 cm³/mol. The molecule has 1 aromatic carbocycles. The Kier molecular flexibility index (Phi) is 9.08. The number of carbonyl (C=O) groups excluding carboxylic acids is 4. The van der Waals surface area contributed by atoms with Crippen molar-refractivity contribution in [2.45, 2.75) is 24.8 Å². The van der Waals surface area contributed by atoms with Crippen molar-refractivity contribution in [2.24, 2.45) is 0 Å². The van der Waals surface area contributed by atoms with Gasteiger partial charge in [0.05, 0.1) is 36.8 Å². The standard InChI is InChI=1S/C25H31N5O8S2/c1-4-38-25(34)29-10-9-18-19(15-29)39-23(20(18)22(32)27-24(33)28(2)3)26-21(31)16-5-7-17(8-6-16)40(35,36)30-11-13-37-14-12-30/h5-8H,4,9-15H2,1-3H3,(H,26,31)(H,27,32,33). The van der Waals surface area contributed by atoms with Gasteiger partial charge in [-0.2, -0.15) is 4.31 Å². The number of amides is 5. The van der Waals surface area contributed by atoms with Crippen molar-refractivity contribution in [1.29, 1.82) is 0 Å². The minimum atomic E-state index is -3.73. The normalized spacial score (nSPS) is 15.6. The van der Waals surface area contributed by atoms with Gasteiger partial charge in [0.2, 0.25) is 10.0 Å². The van der Waals surface area contributed by atoms with E-state index in [1.165, 1.54) is 52.5 Å². The van der Waals surface area contributed by atoms with Crippen LogP contribution in [0.15, 0.2) is 29.2 Å². The molecule has 1 saturated heterocycles. The number of anilines is 1. The van der Waals surface area contributed by atoms with Gasteiger partial charge in [0.25, 0.3) is 11.8 Å². The average molecular weight is 594 g/mol. The van der Waals surface area contributed by atoms with Crippen LogP contribution < -0.4 is 10.6 Å². The molecule has 2 aliphatic heterocycles. The predicted octanol–water partition coefficient (Wildman–Crippen LogP) is 1.95. The van der Waals surface area contributed by atoms with Gasteiger partial charge in [0, 0.05) is 44.2 Å². The molecule has 0 spiro atoms. The zero-order chi connectivity index (χ0) is 29.0. The van der Waals surface area contributed by atoms with Crippen LogP contribution in [0.25, 0.3) is 0 Å². The Morgan fingerprint density at radius 2 is 1.73 bits per heavy atom. The fourth-order valence-corrected chi connectivity index (χ4v) is 6.93. The first-order valence-electron chi connectivity index (χ1n) is 12.6. The molecule has 13 nitrogen and oxygen atoms in total. The third-order valence-electron chi connectivity index (χ3n) is 6.39. The van der Waals surface area contributed by atoms with Crippen molar-refractivity contribution >= 4 is 50.3 Å². The van der Waals surface area contributed by atoms with Crippen molar-refractivity contribution in [2.75, 3.05) is 58.9 Å². The number of nitrogens with one attached hydrogen (secondary N) is 2. The number of nitrogens with zero attached hydrogens (tertiary/aromatic N) is 3. The van der Waals surface area contributed by atoms with Crippen LogP contribution in [0.3, 0.4) is 0 Å². The van der Waals surface area contributed by atoms with Crippen molar-refractivity contribution in [3.8, 4) is 0 Å². The second kappa shape index (κ2) is 12.3. The van der Waals surface area contributed by atoms with Crippen LogP contribution in [0, 0.1) is 0 Å². The molecule has 15 heteroatoms. The Morgan fingerprint density at radius 3 is 2.35 bits per heavy atom. The molecule has 2 N–H and O–H groups in total. The molecule has 4 rings (SSSR count). The Morgan fingerprint density at radius 1 is 1.05 bits per heavy atom. The summed E-state index contributed by atoms with van der Waals surface area (Å²) in [5, 5.41) is 5.27. The van der Waals surface area contributed by atoms with Crippen molar-refractivity contribution in [3.63, 3.8) is 0 Å². The number of carbonyl (C=O) groups is 4. The molecule has 3 heterocycles. The quantitative estimate of drug-likeness (QED) is 0.515. The first-order chi connectivity index (χ1) is 19.0. The Bertz CT molecular complexity index is 1400. The number of hydrogen-bond donors (Lipinski definition) is 2. The van der Waals surface area contributed by atoms with Gasteiger partial charge in [-0.15, -0.1) is 11.3 Å². The lowest BCUT2D eigenvalue weighted by atomic mass is 10.0. The molecule has 0 aliphatic carbocycles. The highest BCUT2D eigenvalue weighted by atomic mass is 32.2. The molecule has 0 unspecified atom stereocenters. The van der Waals surface area contributed by atoms with Crippen LogP contribution in [0.5, 0.6) is 0 Å².